The molecule has 3 aliphatic carbocycles. The van der Waals surface area contributed by atoms with Gasteiger partial charge in [0.1, 0.15) is 5.70 Å². The highest BCUT2D eigenvalue weighted by molar-refractivity contribution is 5.96. The lowest BCUT2D eigenvalue weighted by Crippen LogP contribution is -2.54. The van der Waals surface area contributed by atoms with E-state index in [2.05, 4.69) is 41.2 Å². The van der Waals surface area contributed by atoms with Crippen molar-refractivity contribution in [1.82, 2.24) is 21.1 Å². The molecule has 1 heterocycles. The summed E-state index contributed by atoms with van der Waals surface area (Å²) < 4.78 is 0. The molecule has 0 spiro atoms. The number of likely N-dealkylation sites (N-methyl/N-ethyl adjacent to an activating group) is 1. The highest BCUT2D eigenvalue weighted by atomic mass is 16.2. The van der Waals surface area contributed by atoms with Gasteiger partial charge in [-0.1, -0.05) is 24.5 Å². The number of hydrazine groups is 1. The first-order valence-electron chi connectivity index (χ1n) is 8.01. The minimum absolute atomic E-state index is 0.0530. The standard InChI is InChI=1S/C16H24N4O/c1-20(2)9-16(5-3-4-6-16)17-15(21)14-12-8-10-7-11(10)13(12)18-19-14/h8,11,13,18-19H,3-7,9H2,1-2H3,(H,17,21). The predicted molar refractivity (Wildman–Crippen MR) is 81.2 cm³/mol. The topological polar surface area (TPSA) is 56.4 Å². The zero-order valence-corrected chi connectivity index (χ0v) is 12.8. The van der Waals surface area contributed by atoms with E-state index in [1.54, 1.807) is 0 Å². The van der Waals surface area contributed by atoms with Crippen LogP contribution in [-0.4, -0.2) is 43.0 Å². The monoisotopic (exact) mass is 288 g/mol. The van der Waals surface area contributed by atoms with Crippen LogP contribution in [0.2, 0.25) is 0 Å². The summed E-state index contributed by atoms with van der Waals surface area (Å²) in [4.78, 5) is 14.9. The van der Waals surface area contributed by atoms with Crippen LogP contribution in [-0.2, 0) is 4.79 Å². The van der Waals surface area contributed by atoms with Crippen LogP contribution in [0.25, 0.3) is 0 Å². The molecule has 0 bridgehead atoms. The molecule has 2 atom stereocenters. The van der Waals surface area contributed by atoms with Crippen LogP contribution >= 0.6 is 0 Å². The van der Waals surface area contributed by atoms with Gasteiger partial charge in [0.2, 0.25) is 0 Å². The van der Waals surface area contributed by atoms with Gasteiger partial charge in [-0.05, 0) is 33.4 Å². The molecule has 0 saturated heterocycles. The van der Waals surface area contributed by atoms with Gasteiger partial charge in [0.05, 0.1) is 11.6 Å². The minimum Gasteiger partial charge on any atom is -0.344 e. The lowest BCUT2D eigenvalue weighted by Gasteiger charge is -2.33. The molecule has 0 radical (unpaired) electrons. The Morgan fingerprint density at radius 1 is 1.43 bits per heavy atom. The maximum Gasteiger partial charge on any atom is 0.269 e. The van der Waals surface area contributed by atoms with Crippen LogP contribution in [0.3, 0.4) is 0 Å². The summed E-state index contributed by atoms with van der Waals surface area (Å²) in [6, 6.07) is 0.328. The number of carbonyl (C=O) groups is 1. The van der Waals surface area contributed by atoms with Crippen LogP contribution < -0.4 is 16.2 Å². The average Bonchev–Trinajstić information content (AvgIpc) is 2.78. The van der Waals surface area contributed by atoms with Gasteiger partial charge < -0.3 is 15.6 Å². The summed E-state index contributed by atoms with van der Waals surface area (Å²) in [5.74, 6) is 0.696. The third-order valence-electron chi connectivity index (χ3n) is 5.28. The second kappa shape index (κ2) is 4.58. The van der Waals surface area contributed by atoms with Crippen LogP contribution in [0.5, 0.6) is 0 Å². The summed E-state index contributed by atoms with van der Waals surface area (Å²) >= 11 is 0. The lowest BCUT2D eigenvalue weighted by molar-refractivity contribution is -0.119. The van der Waals surface area contributed by atoms with Gasteiger partial charge in [-0.25, -0.2) is 5.43 Å². The average molecular weight is 288 g/mol. The van der Waals surface area contributed by atoms with E-state index in [1.807, 2.05) is 0 Å². The van der Waals surface area contributed by atoms with Crippen molar-refractivity contribution in [3.8, 4) is 0 Å². The van der Waals surface area contributed by atoms with E-state index in [0.29, 0.717) is 12.0 Å². The van der Waals surface area contributed by atoms with Crippen LogP contribution in [0.1, 0.15) is 32.1 Å². The first-order valence-corrected chi connectivity index (χ1v) is 8.01. The van der Waals surface area contributed by atoms with Crippen molar-refractivity contribution >= 4 is 5.91 Å². The maximum absolute atomic E-state index is 12.7. The van der Waals surface area contributed by atoms with Crippen LogP contribution in [0.4, 0.5) is 0 Å². The Hall–Kier alpha value is -1.33. The van der Waals surface area contributed by atoms with E-state index in [-0.39, 0.29) is 11.4 Å². The molecule has 2 fully saturated rings. The molecule has 21 heavy (non-hydrogen) atoms. The fourth-order valence-corrected chi connectivity index (χ4v) is 4.30. The summed E-state index contributed by atoms with van der Waals surface area (Å²) in [7, 11) is 4.16. The van der Waals surface area contributed by atoms with E-state index in [1.165, 1.54) is 24.8 Å². The van der Waals surface area contributed by atoms with Gasteiger partial charge in [0, 0.05) is 18.0 Å². The summed E-state index contributed by atoms with van der Waals surface area (Å²) in [5.41, 5.74) is 9.74. The van der Waals surface area contributed by atoms with Gasteiger partial charge >= 0.3 is 0 Å². The number of carbonyl (C=O) groups excluding carboxylic acids is 1. The fraction of sp³-hybridized carbons (Fsp3) is 0.688. The third-order valence-corrected chi connectivity index (χ3v) is 5.28. The fourth-order valence-electron chi connectivity index (χ4n) is 4.30. The Kier molecular flexibility index (Phi) is 2.91. The molecule has 4 rings (SSSR count). The molecule has 0 aromatic heterocycles. The van der Waals surface area contributed by atoms with Crippen molar-refractivity contribution in [2.75, 3.05) is 20.6 Å². The quantitative estimate of drug-likeness (QED) is 0.712. The van der Waals surface area contributed by atoms with Gasteiger partial charge in [-0.3, -0.25) is 4.79 Å². The Labute approximate surface area is 125 Å². The number of amides is 1. The van der Waals surface area contributed by atoms with E-state index in [9.17, 15) is 4.79 Å². The number of hydrogen-bond acceptors (Lipinski definition) is 4. The molecule has 2 unspecified atom stereocenters. The summed E-state index contributed by atoms with van der Waals surface area (Å²) in [5, 5.41) is 3.34. The van der Waals surface area contributed by atoms with Crippen molar-refractivity contribution in [3.05, 3.63) is 22.9 Å². The van der Waals surface area contributed by atoms with Crippen molar-refractivity contribution in [2.45, 2.75) is 43.7 Å². The summed E-state index contributed by atoms with van der Waals surface area (Å²) in [6.07, 6.45) is 7.99. The first-order chi connectivity index (χ1) is 10.1. The van der Waals surface area contributed by atoms with E-state index >= 15 is 0 Å². The second-order valence-electron chi connectivity index (χ2n) is 7.29. The Morgan fingerprint density at radius 3 is 2.90 bits per heavy atom. The molecule has 3 N–H and O–H groups in total. The van der Waals surface area contributed by atoms with Gasteiger partial charge in [-0.15, -0.1) is 0 Å². The minimum atomic E-state index is -0.0530. The van der Waals surface area contributed by atoms with Crippen molar-refractivity contribution < 1.29 is 4.79 Å². The van der Waals surface area contributed by atoms with E-state index in [0.717, 1.165) is 30.7 Å². The number of hydrogen-bond donors (Lipinski definition) is 3. The third kappa shape index (κ3) is 2.19. The zero-order chi connectivity index (χ0) is 14.6. The molecular weight excluding hydrogens is 264 g/mol. The molecular formula is C16H24N4O. The van der Waals surface area contributed by atoms with Crippen LogP contribution in [0, 0.1) is 5.92 Å². The zero-order valence-electron chi connectivity index (χ0n) is 12.8. The van der Waals surface area contributed by atoms with Crippen molar-refractivity contribution in [3.63, 3.8) is 0 Å². The van der Waals surface area contributed by atoms with Gasteiger partial charge in [0.25, 0.3) is 5.91 Å². The number of rotatable bonds is 4. The molecule has 0 aromatic carbocycles. The molecule has 4 aliphatic rings. The van der Waals surface area contributed by atoms with Crippen molar-refractivity contribution in [2.24, 2.45) is 5.92 Å². The Balaban J connectivity index is 1.53. The second-order valence-corrected chi connectivity index (χ2v) is 7.29. The number of nitrogens with zero attached hydrogens (tertiary/aromatic N) is 1. The summed E-state index contributed by atoms with van der Waals surface area (Å²) in [6.45, 7) is 0.919. The predicted octanol–water partition coefficient (Wildman–Crippen LogP) is 0.667. The molecule has 5 heteroatoms. The SMILES string of the molecule is CN(C)CC1(NC(=O)C2=C3C=C4CC4C3NN2)CCCC1. The lowest BCUT2D eigenvalue weighted by atomic mass is 9.96. The van der Waals surface area contributed by atoms with Crippen LogP contribution in [0.15, 0.2) is 22.9 Å². The van der Waals surface area contributed by atoms with E-state index in [4.69, 9.17) is 0 Å². The van der Waals surface area contributed by atoms with Crippen molar-refractivity contribution in [1.29, 1.82) is 0 Å². The highest BCUT2D eigenvalue weighted by Gasteiger charge is 2.48. The molecule has 5 nitrogen and oxygen atoms in total. The smallest absolute Gasteiger partial charge is 0.269 e. The van der Waals surface area contributed by atoms with Gasteiger partial charge in [0.15, 0.2) is 0 Å². The molecule has 0 aromatic rings. The normalized spacial score (nSPS) is 31.9. The van der Waals surface area contributed by atoms with Gasteiger partial charge in [-0.2, -0.15) is 0 Å². The largest absolute Gasteiger partial charge is 0.344 e. The highest BCUT2D eigenvalue weighted by Crippen LogP contribution is 2.50. The maximum atomic E-state index is 12.7. The molecule has 114 valence electrons. The molecule has 2 saturated carbocycles. The molecule has 1 aliphatic heterocycles. The Morgan fingerprint density at radius 2 is 2.19 bits per heavy atom. The first kappa shape index (κ1) is 13.3. The Bertz CT molecular complexity index is 542. The van der Waals surface area contributed by atoms with E-state index < -0.39 is 0 Å². The number of nitrogens with one attached hydrogen (secondary N) is 3. The molecule has 1 amide bonds. The number of fused-ring (bicyclic) bond motifs is 3.